The molecule has 0 amide bonds. The Labute approximate surface area is 150 Å². The predicted octanol–water partition coefficient (Wildman–Crippen LogP) is 4.91. The van der Waals surface area contributed by atoms with E-state index in [2.05, 4.69) is 95.7 Å². The molecule has 2 nitrogen and oxygen atoms in total. The fourth-order valence-electron chi connectivity index (χ4n) is 2.13. The Morgan fingerprint density at radius 1 is 0.760 bits per heavy atom. The van der Waals surface area contributed by atoms with Gasteiger partial charge in [-0.15, -0.1) is 0 Å². The van der Waals surface area contributed by atoms with E-state index >= 15 is 0 Å². The molecule has 0 N–H and O–H groups in total. The van der Waals surface area contributed by atoms with Crippen LogP contribution in [-0.4, -0.2) is 19.8 Å². The zero-order chi connectivity index (χ0) is 17.9. The van der Waals surface area contributed by atoms with Gasteiger partial charge in [-0.2, -0.15) is 0 Å². The van der Waals surface area contributed by atoms with Crippen molar-refractivity contribution in [3.63, 3.8) is 0 Å². The van der Waals surface area contributed by atoms with E-state index in [1.807, 2.05) is 0 Å². The third-order valence-corrected chi connectivity index (χ3v) is 5.50. The van der Waals surface area contributed by atoms with Crippen molar-refractivity contribution in [1.29, 1.82) is 0 Å². The fourth-order valence-corrected chi connectivity index (χ4v) is 4.24. The molecular weight excluding hydrogens is 335 g/mol. The van der Waals surface area contributed by atoms with Crippen LogP contribution in [0.4, 0.5) is 4.39 Å². The van der Waals surface area contributed by atoms with E-state index < -0.39 is 12.6 Å². The minimum atomic E-state index is -1.03. The van der Waals surface area contributed by atoms with Crippen LogP contribution in [0.25, 0.3) is 0 Å². The number of ether oxygens (including phenoxy) is 1. The molecule has 25 heavy (non-hydrogen) atoms. The highest BCUT2D eigenvalue weighted by molar-refractivity contribution is 7.97. The summed E-state index contributed by atoms with van der Waals surface area (Å²) in [7, 11) is 1.13. The number of carbonyl (C=O) groups excluding carboxylic acids is 1. The number of benzene rings is 3. The van der Waals surface area contributed by atoms with E-state index in [1.165, 1.54) is 14.7 Å². The van der Waals surface area contributed by atoms with Gasteiger partial charge in [0.25, 0.3) is 0 Å². The zero-order valence-corrected chi connectivity index (χ0v) is 14.8. The minimum Gasteiger partial charge on any atom is -0.467 e. The molecule has 0 aromatic heterocycles. The van der Waals surface area contributed by atoms with Crippen LogP contribution in [0.5, 0.6) is 0 Å². The summed E-state index contributed by atoms with van der Waals surface area (Å²) in [6, 6.07) is 32.2. The van der Waals surface area contributed by atoms with Crippen LogP contribution in [0.1, 0.15) is 0 Å². The molecular formula is C21H20FO2S+. The third-order valence-electron chi connectivity index (χ3n) is 3.27. The van der Waals surface area contributed by atoms with Crippen LogP contribution < -0.4 is 0 Å². The summed E-state index contributed by atoms with van der Waals surface area (Å²) in [6.45, 7) is -1.03. The monoisotopic (exact) mass is 355 g/mol. The van der Waals surface area contributed by atoms with Crippen molar-refractivity contribution < 1.29 is 13.9 Å². The lowest BCUT2D eigenvalue weighted by molar-refractivity contribution is -0.141. The van der Waals surface area contributed by atoms with E-state index in [9.17, 15) is 9.18 Å². The summed E-state index contributed by atoms with van der Waals surface area (Å²) in [5.74, 6) is -0.824. The molecule has 0 fully saturated rings. The molecule has 0 aliphatic carbocycles. The molecule has 0 radical (unpaired) electrons. The lowest BCUT2D eigenvalue weighted by Gasteiger charge is -2.07. The highest BCUT2D eigenvalue weighted by Crippen LogP contribution is 2.30. The largest absolute Gasteiger partial charge is 0.467 e. The lowest BCUT2D eigenvalue weighted by Crippen LogP contribution is -2.04. The van der Waals surface area contributed by atoms with Gasteiger partial charge in [-0.25, -0.2) is 9.18 Å². The second-order valence-electron chi connectivity index (χ2n) is 4.96. The summed E-state index contributed by atoms with van der Waals surface area (Å²) in [5.41, 5.74) is 0. The van der Waals surface area contributed by atoms with E-state index in [4.69, 9.17) is 0 Å². The van der Waals surface area contributed by atoms with Crippen LogP contribution in [-0.2, 0) is 20.4 Å². The Hall–Kier alpha value is -2.59. The number of alkyl halides is 1. The molecule has 0 saturated heterocycles. The van der Waals surface area contributed by atoms with Crippen molar-refractivity contribution in [3.05, 3.63) is 91.0 Å². The van der Waals surface area contributed by atoms with Gasteiger partial charge in [-0.05, 0) is 36.4 Å². The number of esters is 1. The first-order chi connectivity index (χ1) is 12.3. The fraction of sp³-hybridized carbons (Fsp3) is 0.0952. The molecule has 0 aliphatic rings. The topological polar surface area (TPSA) is 26.3 Å². The average Bonchev–Trinajstić information content (AvgIpc) is 2.70. The summed E-state index contributed by atoms with van der Waals surface area (Å²) in [6.07, 6.45) is 0. The Kier molecular flexibility index (Phi) is 7.73. The number of halogens is 1. The van der Waals surface area contributed by atoms with Gasteiger partial charge in [0.1, 0.15) is 0 Å². The quantitative estimate of drug-likeness (QED) is 0.491. The maximum Gasteiger partial charge on any atom is 0.337 e. The van der Waals surface area contributed by atoms with Gasteiger partial charge in [0.15, 0.2) is 21.4 Å². The highest BCUT2D eigenvalue weighted by atomic mass is 32.2. The van der Waals surface area contributed by atoms with E-state index in [1.54, 1.807) is 0 Å². The van der Waals surface area contributed by atoms with E-state index in [-0.39, 0.29) is 10.9 Å². The van der Waals surface area contributed by atoms with Crippen molar-refractivity contribution in [1.82, 2.24) is 0 Å². The number of rotatable bonds is 4. The number of methoxy groups -OCH3 is 1. The first kappa shape index (κ1) is 18.7. The second-order valence-corrected chi connectivity index (χ2v) is 6.98. The van der Waals surface area contributed by atoms with Gasteiger partial charge in [-0.1, -0.05) is 54.6 Å². The maximum absolute atomic E-state index is 10.9. The van der Waals surface area contributed by atoms with Crippen molar-refractivity contribution in [2.75, 3.05) is 13.8 Å². The second kappa shape index (κ2) is 10.3. The first-order valence-electron chi connectivity index (χ1n) is 7.78. The van der Waals surface area contributed by atoms with Crippen LogP contribution in [0.3, 0.4) is 0 Å². The summed E-state index contributed by atoms with van der Waals surface area (Å²) >= 11 is 0. The Bertz CT molecular complexity index is 649. The molecule has 3 rings (SSSR count). The number of hydrogen-bond donors (Lipinski definition) is 0. The molecule has 0 unspecified atom stereocenters. The Morgan fingerprint density at radius 2 is 1.08 bits per heavy atom. The SMILES string of the molecule is COC(=O)CF.c1ccc([S+](c2ccccc2)c2ccccc2)cc1. The smallest absolute Gasteiger partial charge is 0.337 e. The van der Waals surface area contributed by atoms with Gasteiger partial charge >= 0.3 is 5.97 Å². The first-order valence-corrected chi connectivity index (χ1v) is 9.01. The van der Waals surface area contributed by atoms with Crippen molar-refractivity contribution in [3.8, 4) is 0 Å². The van der Waals surface area contributed by atoms with Gasteiger partial charge in [-0.3, -0.25) is 0 Å². The molecule has 0 spiro atoms. The average molecular weight is 355 g/mol. The summed E-state index contributed by atoms with van der Waals surface area (Å²) in [5, 5.41) is 0. The molecule has 0 bridgehead atoms. The zero-order valence-electron chi connectivity index (χ0n) is 14.0. The van der Waals surface area contributed by atoms with Gasteiger partial charge < -0.3 is 4.74 Å². The Balaban J connectivity index is 0.000000326. The third kappa shape index (κ3) is 5.76. The Morgan fingerprint density at radius 3 is 1.28 bits per heavy atom. The summed E-state index contributed by atoms with van der Waals surface area (Å²) in [4.78, 5) is 13.7. The van der Waals surface area contributed by atoms with Gasteiger partial charge in [0, 0.05) is 0 Å². The maximum atomic E-state index is 10.9. The molecule has 3 aromatic rings. The molecule has 0 saturated carbocycles. The molecule has 0 atom stereocenters. The van der Waals surface area contributed by atoms with Crippen LogP contribution >= 0.6 is 0 Å². The van der Waals surface area contributed by atoms with Crippen LogP contribution in [0.2, 0.25) is 0 Å². The molecule has 128 valence electrons. The van der Waals surface area contributed by atoms with Crippen molar-refractivity contribution >= 4 is 16.9 Å². The van der Waals surface area contributed by atoms with Gasteiger partial charge in [0.2, 0.25) is 0 Å². The number of carbonyl (C=O) groups is 1. The minimum absolute atomic E-state index is 0.0146. The lowest BCUT2D eigenvalue weighted by atomic mass is 10.4. The molecule has 4 heteroatoms. The molecule has 0 heterocycles. The van der Waals surface area contributed by atoms with Gasteiger partial charge in [0.05, 0.1) is 18.0 Å². The predicted molar refractivity (Wildman–Crippen MR) is 99.5 cm³/mol. The summed E-state index contributed by atoms with van der Waals surface area (Å²) < 4.78 is 14.8. The van der Waals surface area contributed by atoms with Crippen molar-refractivity contribution in [2.45, 2.75) is 14.7 Å². The molecule has 0 aliphatic heterocycles. The van der Waals surface area contributed by atoms with E-state index in [0.717, 1.165) is 7.11 Å². The molecule has 3 aromatic carbocycles. The van der Waals surface area contributed by atoms with E-state index in [0.29, 0.717) is 0 Å². The van der Waals surface area contributed by atoms with Crippen LogP contribution in [0, 0.1) is 0 Å². The normalized spacial score (nSPS) is 9.88. The standard InChI is InChI=1S/C18H15S.C3H5FO2/c1-4-10-16(11-5-1)19(17-12-6-2-7-13-17)18-14-8-3-9-15-18;1-6-3(5)2-4/h1-15H;2H2,1H3/q+1;. The highest BCUT2D eigenvalue weighted by Gasteiger charge is 2.27. The van der Waals surface area contributed by atoms with Crippen LogP contribution in [0.15, 0.2) is 106 Å². The number of hydrogen-bond acceptors (Lipinski definition) is 2. The van der Waals surface area contributed by atoms with Crippen molar-refractivity contribution in [2.24, 2.45) is 0 Å².